The van der Waals surface area contributed by atoms with Crippen LogP contribution in [0, 0.1) is 5.82 Å². The highest BCUT2D eigenvalue weighted by atomic mass is 32.1. The van der Waals surface area contributed by atoms with Crippen LogP contribution in [0.15, 0.2) is 59.1 Å². The lowest BCUT2D eigenvalue weighted by molar-refractivity contribution is 0.0956. The van der Waals surface area contributed by atoms with Gasteiger partial charge in [-0.2, -0.15) is 5.10 Å². The molecule has 0 unspecified atom stereocenters. The van der Waals surface area contributed by atoms with Crippen LogP contribution in [0.5, 0.6) is 0 Å². The molecule has 1 N–H and O–H groups in total. The second-order valence-corrected chi connectivity index (χ2v) is 10.0. The molecule has 1 aliphatic rings. The summed E-state index contributed by atoms with van der Waals surface area (Å²) >= 11 is 1.64. The third-order valence-corrected chi connectivity index (χ3v) is 7.75. The van der Waals surface area contributed by atoms with Gasteiger partial charge in [0.25, 0.3) is 5.91 Å². The Bertz CT molecular complexity index is 1400. The highest BCUT2D eigenvalue weighted by Crippen LogP contribution is 2.30. The molecule has 5 rings (SSSR count). The maximum absolute atomic E-state index is 13.1. The zero-order valence-corrected chi connectivity index (χ0v) is 22.0. The van der Waals surface area contributed by atoms with E-state index in [2.05, 4.69) is 56.3 Å². The molecule has 0 saturated carbocycles. The van der Waals surface area contributed by atoms with Crippen molar-refractivity contribution < 1.29 is 9.18 Å². The number of amides is 1. The van der Waals surface area contributed by atoms with Crippen molar-refractivity contribution in [1.29, 1.82) is 0 Å². The van der Waals surface area contributed by atoms with E-state index in [0.29, 0.717) is 11.1 Å². The molecule has 0 aliphatic carbocycles. The van der Waals surface area contributed by atoms with E-state index in [1.165, 1.54) is 18.3 Å². The molecular weight excluding hydrogens is 487 g/mol. The van der Waals surface area contributed by atoms with E-state index < -0.39 is 0 Å². The predicted octanol–water partition coefficient (Wildman–Crippen LogP) is 4.83. The molecule has 9 heteroatoms. The van der Waals surface area contributed by atoms with Gasteiger partial charge in [0.05, 0.1) is 17.5 Å². The van der Waals surface area contributed by atoms with Crippen LogP contribution in [0.3, 0.4) is 0 Å². The van der Waals surface area contributed by atoms with Crippen LogP contribution in [0.1, 0.15) is 35.5 Å². The van der Waals surface area contributed by atoms with E-state index in [1.807, 2.05) is 12.3 Å². The first-order valence-electron chi connectivity index (χ1n) is 12.7. The minimum Gasteiger partial charge on any atom is -0.347 e. The van der Waals surface area contributed by atoms with Gasteiger partial charge in [-0.25, -0.2) is 14.8 Å². The van der Waals surface area contributed by atoms with Crippen molar-refractivity contribution in [2.45, 2.75) is 26.9 Å². The molecule has 3 heterocycles. The number of nitrogens with one attached hydrogen (secondary N) is 1. The lowest BCUT2D eigenvalue weighted by Gasteiger charge is -2.33. The molecule has 2 aromatic carbocycles. The van der Waals surface area contributed by atoms with Gasteiger partial charge in [-0.15, -0.1) is 11.3 Å². The third-order valence-electron chi connectivity index (χ3n) is 6.81. The highest BCUT2D eigenvalue weighted by Gasteiger charge is 2.18. The van der Waals surface area contributed by atoms with Gasteiger partial charge >= 0.3 is 0 Å². The molecule has 192 valence electrons. The zero-order chi connectivity index (χ0) is 25.8. The van der Waals surface area contributed by atoms with Gasteiger partial charge in [0.2, 0.25) is 0 Å². The quantitative estimate of drug-likeness (QED) is 0.268. The van der Waals surface area contributed by atoms with E-state index >= 15 is 0 Å². The number of fused-ring (bicyclic) bond motifs is 1. The summed E-state index contributed by atoms with van der Waals surface area (Å²) < 4.78 is 15.2. The topological polar surface area (TPSA) is 65.8 Å². The normalized spacial score (nSPS) is 15.1. The van der Waals surface area contributed by atoms with Crippen molar-refractivity contribution in [2.75, 3.05) is 32.7 Å². The zero-order valence-electron chi connectivity index (χ0n) is 21.2. The number of hydrogen-bond acceptors (Lipinski definition) is 6. The van der Waals surface area contributed by atoms with E-state index in [9.17, 15) is 9.18 Å². The first-order valence-corrected chi connectivity index (χ1v) is 13.5. The van der Waals surface area contributed by atoms with Crippen molar-refractivity contribution in [1.82, 2.24) is 24.8 Å². The SMILES string of the molecule is CCN1CCN(Cc2csc(-c3ccc4c(c3)c(C(=O)N/N=C/c3ccc(F)cc3)cn4CC)n2)CC1. The van der Waals surface area contributed by atoms with Gasteiger partial charge in [0, 0.05) is 67.3 Å². The van der Waals surface area contributed by atoms with Gasteiger partial charge in [-0.3, -0.25) is 9.69 Å². The predicted molar refractivity (Wildman–Crippen MR) is 148 cm³/mol. The van der Waals surface area contributed by atoms with Gasteiger partial charge in [-0.05, 0) is 49.4 Å². The first-order chi connectivity index (χ1) is 18.0. The Morgan fingerprint density at radius 1 is 1.08 bits per heavy atom. The molecule has 7 nitrogen and oxygen atoms in total. The van der Waals surface area contributed by atoms with Gasteiger partial charge in [-0.1, -0.05) is 19.1 Å². The molecule has 0 bridgehead atoms. The summed E-state index contributed by atoms with van der Waals surface area (Å²) in [6.07, 6.45) is 3.36. The van der Waals surface area contributed by atoms with Crippen molar-refractivity contribution in [3.63, 3.8) is 0 Å². The summed E-state index contributed by atoms with van der Waals surface area (Å²) in [6, 6.07) is 12.1. The second kappa shape index (κ2) is 11.3. The fourth-order valence-electron chi connectivity index (χ4n) is 4.65. The monoisotopic (exact) mass is 518 g/mol. The number of likely N-dealkylation sites (N-methyl/N-ethyl adjacent to an activating group) is 1. The highest BCUT2D eigenvalue weighted by molar-refractivity contribution is 7.13. The van der Waals surface area contributed by atoms with Gasteiger partial charge in [0.1, 0.15) is 10.8 Å². The van der Waals surface area contributed by atoms with Crippen LogP contribution in [-0.4, -0.2) is 64.2 Å². The minimum absolute atomic E-state index is 0.293. The third kappa shape index (κ3) is 5.79. The Morgan fingerprint density at radius 2 is 1.84 bits per heavy atom. The maximum atomic E-state index is 13.1. The lowest BCUT2D eigenvalue weighted by atomic mass is 10.1. The molecule has 1 fully saturated rings. The van der Waals surface area contributed by atoms with Crippen LogP contribution < -0.4 is 5.43 Å². The average Bonchev–Trinajstić information content (AvgIpc) is 3.54. The fourth-order valence-corrected chi connectivity index (χ4v) is 5.46. The van der Waals surface area contributed by atoms with Crippen molar-refractivity contribution in [3.05, 3.63) is 76.7 Å². The number of piperazine rings is 1. The van der Waals surface area contributed by atoms with Crippen molar-refractivity contribution in [3.8, 4) is 10.6 Å². The van der Waals surface area contributed by atoms with Crippen LogP contribution in [0.25, 0.3) is 21.5 Å². The van der Waals surface area contributed by atoms with Crippen LogP contribution >= 0.6 is 11.3 Å². The maximum Gasteiger partial charge on any atom is 0.273 e. The Hall–Kier alpha value is -3.40. The molecule has 1 aliphatic heterocycles. The Morgan fingerprint density at radius 3 is 2.57 bits per heavy atom. The number of halogens is 1. The average molecular weight is 519 g/mol. The summed E-state index contributed by atoms with van der Waals surface area (Å²) in [5.74, 6) is -0.606. The molecular formula is C28H31FN6OS. The summed E-state index contributed by atoms with van der Waals surface area (Å²) in [4.78, 5) is 22.9. The molecule has 0 spiro atoms. The number of carbonyl (C=O) groups excluding carboxylic acids is 1. The number of carbonyl (C=O) groups is 1. The van der Waals surface area contributed by atoms with E-state index in [1.54, 1.807) is 23.5 Å². The summed E-state index contributed by atoms with van der Waals surface area (Å²) in [5, 5.41) is 8.02. The Balaban J connectivity index is 1.33. The molecule has 0 atom stereocenters. The van der Waals surface area contributed by atoms with Crippen molar-refractivity contribution >= 4 is 34.4 Å². The molecule has 4 aromatic rings. The number of hydrogen-bond donors (Lipinski definition) is 1. The standard InChI is InChI=1S/C28H31FN6OS/c1-3-33-11-13-34(14-12-33)17-23-19-37-28(31-23)21-7-10-26-24(15-21)25(18-35(26)4-2)27(36)32-30-16-20-5-8-22(29)9-6-20/h5-10,15-16,18-19H,3-4,11-14,17H2,1-2H3,(H,32,36)/b30-16+. The fraction of sp³-hybridized carbons (Fsp3) is 0.321. The number of rotatable bonds is 8. The van der Waals surface area contributed by atoms with E-state index in [0.717, 1.165) is 73.0 Å². The summed E-state index contributed by atoms with van der Waals surface area (Å²) in [5.41, 5.74) is 6.94. The largest absolute Gasteiger partial charge is 0.347 e. The smallest absolute Gasteiger partial charge is 0.273 e. The Labute approximate surface area is 220 Å². The lowest BCUT2D eigenvalue weighted by Crippen LogP contribution is -2.45. The summed E-state index contributed by atoms with van der Waals surface area (Å²) in [7, 11) is 0. The number of thiazole rings is 1. The van der Waals surface area contributed by atoms with Crippen LogP contribution in [0.4, 0.5) is 4.39 Å². The van der Waals surface area contributed by atoms with E-state index in [4.69, 9.17) is 4.98 Å². The number of aryl methyl sites for hydroxylation is 1. The number of benzene rings is 2. The van der Waals surface area contributed by atoms with Crippen molar-refractivity contribution in [2.24, 2.45) is 5.10 Å². The van der Waals surface area contributed by atoms with E-state index in [-0.39, 0.29) is 11.7 Å². The molecule has 2 aromatic heterocycles. The molecule has 0 radical (unpaired) electrons. The number of hydrazone groups is 1. The minimum atomic E-state index is -0.313. The summed E-state index contributed by atoms with van der Waals surface area (Å²) in [6.45, 7) is 11.3. The van der Waals surface area contributed by atoms with Gasteiger partial charge < -0.3 is 9.47 Å². The number of nitrogens with zero attached hydrogens (tertiary/aromatic N) is 5. The molecule has 37 heavy (non-hydrogen) atoms. The van der Waals surface area contributed by atoms with Crippen LogP contribution in [-0.2, 0) is 13.1 Å². The van der Waals surface area contributed by atoms with Crippen LogP contribution in [0.2, 0.25) is 0 Å². The first kappa shape index (κ1) is 25.3. The Kier molecular flexibility index (Phi) is 7.73. The molecule has 1 amide bonds. The molecule has 1 saturated heterocycles. The van der Waals surface area contributed by atoms with Gasteiger partial charge in [0.15, 0.2) is 0 Å². The second-order valence-electron chi connectivity index (χ2n) is 9.17. The number of aromatic nitrogens is 2.